The fourth-order valence-corrected chi connectivity index (χ4v) is 2.46. The highest BCUT2D eigenvalue weighted by atomic mass is 16.5. The van der Waals surface area contributed by atoms with Crippen molar-refractivity contribution in [1.82, 2.24) is 0 Å². The van der Waals surface area contributed by atoms with E-state index in [0.29, 0.717) is 0 Å². The molecule has 0 aliphatic carbocycles. The van der Waals surface area contributed by atoms with Crippen LogP contribution in [0.2, 0.25) is 0 Å². The van der Waals surface area contributed by atoms with Crippen LogP contribution >= 0.6 is 0 Å². The molecule has 3 nitrogen and oxygen atoms in total. The fraction of sp³-hybridized carbons (Fsp3) is 0.625. The minimum absolute atomic E-state index is 0.837. The first-order valence-electron chi connectivity index (χ1n) is 7.46. The van der Waals surface area contributed by atoms with E-state index < -0.39 is 0 Å². The molecule has 0 amide bonds. The lowest BCUT2D eigenvalue weighted by molar-refractivity contribution is -0.908. The molecule has 0 atom stereocenters. The Morgan fingerprint density at radius 3 is 2.68 bits per heavy atom. The zero-order valence-corrected chi connectivity index (χ0v) is 12.0. The average molecular weight is 264 g/mol. The van der Waals surface area contributed by atoms with Crippen molar-refractivity contribution >= 4 is 0 Å². The van der Waals surface area contributed by atoms with E-state index in [9.17, 15) is 0 Å². The largest absolute Gasteiger partial charge is 0.493 e. The summed E-state index contributed by atoms with van der Waals surface area (Å²) in [4.78, 5) is 1.70. The molecule has 0 saturated carbocycles. The molecule has 1 N–H and O–H groups in total. The van der Waals surface area contributed by atoms with Gasteiger partial charge in [-0.1, -0.05) is 18.2 Å². The van der Waals surface area contributed by atoms with Crippen LogP contribution in [0.15, 0.2) is 24.3 Å². The highest BCUT2D eigenvalue weighted by molar-refractivity contribution is 5.31. The van der Waals surface area contributed by atoms with Crippen molar-refractivity contribution in [2.75, 3.05) is 39.5 Å². The molecular formula is C16H26NO2+. The van der Waals surface area contributed by atoms with Crippen LogP contribution in [0.1, 0.15) is 24.8 Å². The number of hydrogen-bond acceptors (Lipinski definition) is 2. The molecule has 1 saturated heterocycles. The first-order chi connectivity index (χ1) is 9.36. The number of unbranched alkanes of at least 4 members (excludes halogenated alkanes) is 2. The summed E-state index contributed by atoms with van der Waals surface area (Å²) in [7, 11) is 0. The van der Waals surface area contributed by atoms with Gasteiger partial charge in [0.05, 0.1) is 26.4 Å². The third-order valence-corrected chi connectivity index (χ3v) is 3.73. The maximum atomic E-state index is 5.80. The minimum atomic E-state index is 0.837. The normalized spacial score (nSPS) is 16.5. The van der Waals surface area contributed by atoms with E-state index in [4.69, 9.17) is 9.47 Å². The van der Waals surface area contributed by atoms with Crippen molar-refractivity contribution in [3.63, 3.8) is 0 Å². The van der Waals surface area contributed by atoms with Gasteiger partial charge in [0.15, 0.2) is 0 Å². The number of morpholine rings is 1. The van der Waals surface area contributed by atoms with Crippen LogP contribution in [0.3, 0.4) is 0 Å². The van der Waals surface area contributed by atoms with Crippen molar-refractivity contribution in [3.8, 4) is 5.75 Å². The summed E-state index contributed by atoms with van der Waals surface area (Å²) in [5, 5.41) is 0. The SMILES string of the molecule is Cc1ccccc1OCCCCC[NH+]1CCOCC1. The van der Waals surface area contributed by atoms with E-state index in [1.807, 2.05) is 18.2 Å². The second kappa shape index (κ2) is 8.18. The third-order valence-electron chi connectivity index (χ3n) is 3.73. The van der Waals surface area contributed by atoms with Gasteiger partial charge in [-0.05, 0) is 37.8 Å². The van der Waals surface area contributed by atoms with Crippen LogP contribution in [-0.2, 0) is 4.74 Å². The summed E-state index contributed by atoms with van der Waals surface area (Å²) >= 11 is 0. The van der Waals surface area contributed by atoms with Crippen LogP contribution in [0.4, 0.5) is 0 Å². The second-order valence-corrected chi connectivity index (χ2v) is 5.29. The van der Waals surface area contributed by atoms with Crippen molar-refractivity contribution in [2.24, 2.45) is 0 Å². The minimum Gasteiger partial charge on any atom is -0.493 e. The van der Waals surface area contributed by atoms with Gasteiger partial charge >= 0.3 is 0 Å². The van der Waals surface area contributed by atoms with E-state index >= 15 is 0 Å². The molecule has 0 radical (unpaired) electrons. The van der Waals surface area contributed by atoms with Gasteiger partial charge in [0, 0.05) is 0 Å². The molecule has 0 aromatic heterocycles. The molecule has 1 aromatic rings. The van der Waals surface area contributed by atoms with Gasteiger partial charge in [0.1, 0.15) is 18.8 Å². The van der Waals surface area contributed by atoms with E-state index in [0.717, 1.165) is 32.0 Å². The Morgan fingerprint density at radius 2 is 1.89 bits per heavy atom. The summed E-state index contributed by atoms with van der Waals surface area (Å²) in [5.41, 5.74) is 1.22. The predicted molar refractivity (Wildman–Crippen MR) is 76.9 cm³/mol. The molecule has 1 aromatic carbocycles. The molecule has 19 heavy (non-hydrogen) atoms. The second-order valence-electron chi connectivity index (χ2n) is 5.29. The summed E-state index contributed by atoms with van der Waals surface area (Å²) < 4.78 is 11.2. The first kappa shape index (κ1) is 14.4. The van der Waals surface area contributed by atoms with Crippen LogP contribution in [-0.4, -0.2) is 39.5 Å². The molecule has 106 valence electrons. The molecule has 1 aliphatic heterocycles. The van der Waals surface area contributed by atoms with Crippen molar-refractivity contribution < 1.29 is 14.4 Å². The first-order valence-corrected chi connectivity index (χ1v) is 7.46. The van der Waals surface area contributed by atoms with Gasteiger partial charge in [0.2, 0.25) is 0 Å². The Balaban J connectivity index is 1.51. The molecule has 1 fully saturated rings. The van der Waals surface area contributed by atoms with Crippen molar-refractivity contribution in [3.05, 3.63) is 29.8 Å². The summed E-state index contributed by atoms with van der Waals surface area (Å²) in [6.45, 7) is 8.45. The Morgan fingerprint density at radius 1 is 1.11 bits per heavy atom. The van der Waals surface area contributed by atoms with Gasteiger partial charge in [0.25, 0.3) is 0 Å². The smallest absolute Gasteiger partial charge is 0.122 e. The van der Waals surface area contributed by atoms with Gasteiger partial charge < -0.3 is 14.4 Å². The number of nitrogens with one attached hydrogen (secondary N) is 1. The Hall–Kier alpha value is -1.06. The topological polar surface area (TPSA) is 22.9 Å². The van der Waals surface area contributed by atoms with Crippen LogP contribution in [0.5, 0.6) is 5.75 Å². The Kier molecular flexibility index (Phi) is 6.18. The molecular weight excluding hydrogens is 238 g/mol. The predicted octanol–water partition coefficient (Wildman–Crippen LogP) is 1.46. The highest BCUT2D eigenvalue weighted by Gasteiger charge is 2.12. The highest BCUT2D eigenvalue weighted by Crippen LogP contribution is 2.16. The van der Waals surface area contributed by atoms with Crippen LogP contribution in [0.25, 0.3) is 0 Å². The lowest BCUT2D eigenvalue weighted by Gasteiger charge is -2.23. The van der Waals surface area contributed by atoms with Crippen molar-refractivity contribution in [2.45, 2.75) is 26.2 Å². The molecule has 0 spiro atoms. The molecule has 3 heteroatoms. The van der Waals surface area contributed by atoms with Gasteiger partial charge in [-0.2, -0.15) is 0 Å². The monoisotopic (exact) mass is 264 g/mol. The molecule has 1 heterocycles. The molecule has 0 unspecified atom stereocenters. The molecule has 2 rings (SSSR count). The Bertz CT molecular complexity index is 362. The summed E-state index contributed by atoms with van der Waals surface area (Å²) in [6, 6.07) is 8.22. The molecule has 0 bridgehead atoms. The average Bonchev–Trinajstić information content (AvgIpc) is 2.45. The van der Waals surface area contributed by atoms with Crippen LogP contribution < -0.4 is 9.64 Å². The summed E-state index contributed by atoms with van der Waals surface area (Å²) in [6.07, 6.45) is 3.71. The van der Waals surface area contributed by atoms with Gasteiger partial charge in [-0.3, -0.25) is 0 Å². The van der Waals surface area contributed by atoms with Gasteiger partial charge in [-0.25, -0.2) is 0 Å². The number of aryl methyl sites for hydroxylation is 1. The lowest BCUT2D eigenvalue weighted by atomic mass is 10.2. The molecule has 1 aliphatic rings. The number of quaternary nitrogens is 1. The number of hydrogen-bond donors (Lipinski definition) is 1. The quantitative estimate of drug-likeness (QED) is 0.754. The van der Waals surface area contributed by atoms with E-state index in [2.05, 4.69) is 13.0 Å². The fourth-order valence-electron chi connectivity index (χ4n) is 2.46. The maximum Gasteiger partial charge on any atom is 0.122 e. The summed E-state index contributed by atoms with van der Waals surface area (Å²) in [5.74, 6) is 1.03. The standard InChI is InChI=1S/C16H25NO2/c1-15-7-3-4-8-16(15)19-12-6-2-5-9-17-10-13-18-14-11-17/h3-4,7-8H,2,5-6,9-14H2,1H3/p+1. The van der Waals surface area contributed by atoms with E-state index in [1.165, 1.54) is 38.0 Å². The zero-order valence-electron chi connectivity index (χ0n) is 12.0. The number of benzene rings is 1. The zero-order chi connectivity index (χ0) is 13.3. The Labute approximate surface area is 116 Å². The number of para-hydroxylation sites is 1. The number of ether oxygens (including phenoxy) is 2. The van der Waals surface area contributed by atoms with Gasteiger partial charge in [-0.15, -0.1) is 0 Å². The lowest BCUT2D eigenvalue weighted by Crippen LogP contribution is -3.14. The van der Waals surface area contributed by atoms with Crippen molar-refractivity contribution in [1.29, 1.82) is 0 Å². The van der Waals surface area contributed by atoms with Crippen LogP contribution in [0, 0.1) is 6.92 Å². The maximum absolute atomic E-state index is 5.80. The number of rotatable bonds is 7. The van der Waals surface area contributed by atoms with E-state index in [1.54, 1.807) is 4.90 Å². The third kappa shape index (κ3) is 5.21. The van der Waals surface area contributed by atoms with E-state index in [-0.39, 0.29) is 0 Å².